The van der Waals surface area contributed by atoms with Gasteiger partial charge in [0.25, 0.3) is 11.8 Å². The van der Waals surface area contributed by atoms with Gasteiger partial charge in [0, 0.05) is 44.2 Å². The number of amides is 2. The molecule has 2 fully saturated rings. The number of anilines is 1. The van der Waals surface area contributed by atoms with Crippen molar-refractivity contribution >= 4 is 29.4 Å². The Morgan fingerprint density at radius 2 is 1.85 bits per heavy atom. The van der Waals surface area contributed by atoms with Crippen LogP contribution in [0.25, 0.3) is 0 Å². The Kier molecular flexibility index (Phi) is 8.20. The normalized spacial score (nSPS) is 16.7. The van der Waals surface area contributed by atoms with E-state index in [0.29, 0.717) is 38.5 Å². The molecule has 1 spiro atoms. The van der Waals surface area contributed by atoms with Crippen LogP contribution in [0, 0.1) is 11.2 Å². The van der Waals surface area contributed by atoms with Crippen molar-refractivity contribution in [2.24, 2.45) is 5.41 Å². The average Bonchev–Trinajstić information content (AvgIpc) is 2.83. The Labute approximate surface area is 233 Å². The van der Waals surface area contributed by atoms with Gasteiger partial charge >= 0.3 is 6.09 Å². The highest BCUT2D eigenvalue weighted by Gasteiger charge is 2.47. The van der Waals surface area contributed by atoms with E-state index in [-0.39, 0.29) is 45.9 Å². The minimum Gasteiger partial charge on any atom is -0.444 e. The van der Waals surface area contributed by atoms with E-state index in [1.54, 1.807) is 9.80 Å². The van der Waals surface area contributed by atoms with Gasteiger partial charge in [0.1, 0.15) is 17.2 Å². The molecule has 1 aromatic heterocycles. The van der Waals surface area contributed by atoms with Crippen LogP contribution in [0.5, 0.6) is 11.6 Å². The van der Waals surface area contributed by atoms with Gasteiger partial charge in [-0.05, 0) is 84.2 Å². The summed E-state index contributed by atoms with van der Waals surface area (Å²) in [5.41, 5.74) is -0.431. The second kappa shape index (κ2) is 11.1. The van der Waals surface area contributed by atoms with Crippen LogP contribution < -0.4 is 9.64 Å². The van der Waals surface area contributed by atoms with E-state index in [4.69, 9.17) is 21.1 Å². The number of aromatic nitrogens is 3. The maximum Gasteiger partial charge on any atom is 0.410 e. The number of hydrogen-bond donors (Lipinski definition) is 0. The summed E-state index contributed by atoms with van der Waals surface area (Å²) < 4.78 is 25.7. The van der Waals surface area contributed by atoms with Crippen molar-refractivity contribution in [3.05, 3.63) is 34.9 Å². The number of rotatable bonds is 6. The summed E-state index contributed by atoms with van der Waals surface area (Å²) in [6.45, 7) is 14.3. The van der Waals surface area contributed by atoms with Gasteiger partial charge in [0.05, 0.1) is 5.56 Å². The molecule has 2 aliphatic rings. The van der Waals surface area contributed by atoms with Crippen molar-refractivity contribution in [1.29, 1.82) is 0 Å². The third kappa shape index (κ3) is 6.51. The predicted molar refractivity (Wildman–Crippen MR) is 145 cm³/mol. The van der Waals surface area contributed by atoms with Gasteiger partial charge in [0.15, 0.2) is 5.82 Å². The van der Waals surface area contributed by atoms with Crippen LogP contribution in [-0.2, 0) is 4.74 Å². The van der Waals surface area contributed by atoms with Crippen LogP contribution in [0.15, 0.2) is 18.2 Å². The molecule has 10 nitrogen and oxygen atoms in total. The van der Waals surface area contributed by atoms with Gasteiger partial charge in [-0.25, -0.2) is 9.18 Å². The summed E-state index contributed by atoms with van der Waals surface area (Å²) in [4.78, 5) is 35.4. The zero-order chi connectivity index (χ0) is 28.5. The maximum absolute atomic E-state index is 14.2. The fraction of sp³-hybridized carbons (Fsp3) is 0.593. The SMILES string of the molecule is CCN(C(=O)c1cc(F)ccc1Oc1nnc(Cl)nc1N1CC2(CCN(C(=O)OC(C)(C)C)CC2)C1)C(C)C. The summed E-state index contributed by atoms with van der Waals surface area (Å²) in [5, 5.41) is 7.91. The minimum atomic E-state index is -0.548. The molecule has 0 radical (unpaired) electrons. The minimum absolute atomic E-state index is 0.0170. The smallest absolute Gasteiger partial charge is 0.410 e. The van der Waals surface area contributed by atoms with E-state index < -0.39 is 11.4 Å². The molecule has 0 saturated carbocycles. The first-order valence-corrected chi connectivity index (χ1v) is 13.6. The summed E-state index contributed by atoms with van der Waals surface area (Å²) >= 11 is 6.09. The van der Waals surface area contributed by atoms with Gasteiger partial charge < -0.3 is 24.2 Å². The maximum atomic E-state index is 14.2. The van der Waals surface area contributed by atoms with Crippen molar-refractivity contribution in [3.8, 4) is 11.6 Å². The number of benzene rings is 1. The van der Waals surface area contributed by atoms with Crippen molar-refractivity contribution in [1.82, 2.24) is 25.0 Å². The number of halogens is 2. The van der Waals surface area contributed by atoms with Gasteiger partial charge in [-0.1, -0.05) is 0 Å². The van der Waals surface area contributed by atoms with E-state index in [9.17, 15) is 14.0 Å². The number of ether oxygens (including phenoxy) is 2. The molecule has 39 heavy (non-hydrogen) atoms. The zero-order valence-electron chi connectivity index (χ0n) is 23.3. The van der Waals surface area contributed by atoms with Crippen LogP contribution in [0.3, 0.4) is 0 Å². The van der Waals surface area contributed by atoms with E-state index in [1.807, 2.05) is 46.4 Å². The summed E-state index contributed by atoms with van der Waals surface area (Å²) in [6, 6.07) is 3.72. The largest absolute Gasteiger partial charge is 0.444 e. The monoisotopic (exact) mass is 562 g/mol. The Bertz CT molecular complexity index is 1220. The number of nitrogens with zero attached hydrogens (tertiary/aromatic N) is 6. The molecule has 2 aliphatic heterocycles. The molecule has 0 bridgehead atoms. The molecule has 2 amide bonds. The van der Waals surface area contributed by atoms with Gasteiger partial charge in [-0.15, -0.1) is 10.2 Å². The lowest BCUT2D eigenvalue weighted by atomic mass is 9.72. The highest BCUT2D eigenvalue weighted by molar-refractivity contribution is 6.28. The first kappa shape index (κ1) is 28.8. The molecule has 0 aliphatic carbocycles. The molecule has 0 atom stereocenters. The summed E-state index contributed by atoms with van der Waals surface area (Å²) in [5.74, 6) is -0.268. The number of likely N-dealkylation sites (tertiary alicyclic amines) is 1. The molecule has 4 rings (SSSR count). The summed E-state index contributed by atoms with van der Waals surface area (Å²) in [6.07, 6.45) is 1.35. The van der Waals surface area contributed by atoms with E-state index in [1.165, 1.54) is 12.1 Å². The Balaban J connectivity index is 1.49. The third-order valence-corrected chi connectivity index (χ3v) is 7.20. The topological polar surface area (TPSA) is 101 Å². The lowest BCUT2D eigenvalue weighted by Crippen LogP contribution is -2.61. The highest BCUT2D eigenvalue weighted by atomic mass is 35.5. The Hall–Kier alpha value is -3.21. The lowest BCUT2D eigenvalue weighted by molar-refractivity contribution is 0.00584. The standard InChI is InChI=1S/C27H36ClFN6O4/c1-7-35(17(2)3)23(36)19-14-18(29)8-9-20(19)38-22-21(30-24(28)32-31-22)34-15-27(16-34)10-12-33(13-11-27)25(37)39-26(4,5)6/h8-9,14,17H,7,10-13,15-16H2,1-6H3. The summed E-state index contributed by atoms with van der Waals surface area (Å²) in [7, 11) is 0. The molecule has 0 N–H and O–H groups in total. The van der Waals surface area contributed by atoms with Gasteiger partial charge in [-0.3, -0.25) is 4.79 Å². The Morgan fingerprint density at radius 1 is 1.18 bits per heavy atom. The molecule has 2 saturated heterocycles. The fourth-order valence-corrected chi connectivity index (χ4v) is 5.16. The zero-order valence-corrected chi connectivity index (χ0v) is 24.1. The fourth-order valence-electron chi connectivity index (χ4n) is 5.04. The Morgan fingerprint density at radius 3 is 2.44 bits per heavy atom. The molecule has 0 unspecified atom stereocenters. The highest BCUT2D eigenvalue weighted by Crippen LogP contribution is 2.45. The van der Waals surface area contributed by atoms with Gasteiger partial charge in [-0.2, -0.15) is 4.98 Å². The molecule has 212 valence electrons. The van der Waals surface area contributed by atoms with Crippen molar-refractivity contribution < 1.29 is 23.5 Å². The van der Waals surface area contributed by atoms with Crippen molar-refractivity contribution in [3.63, 3.8) is 0 Å². The van der Waals surface area contributed by atoms with Crippen molar-refractivity contribution in [2.75, 3.05) is 37.6 Å². The number of hydrogen-bond acceptors (Lipinski definition) is 8. The van der Waals surface area contributed by atoms with Crippen molar-refractivity contribution in [2.45, 2.75) is 66.0 Å². The van der Waals surface area contributed by atoms with E-state index in [0.717, 1.165) is 18.9 Å². The molecule has 1 aromatic carbocycles. The van der Waals surface area contributed by atoms with Crippen LogP contribution in [0.1, 0.15) is 64.7 Å². The predicted octanol–water partition coefficient (Wildman–Crippen LogP) is 5.16. The second-order valence-electron chi connectivity index (χ2n) is 11.5. The second-order valence-corrected chi connectivity index (χ2v) is 11.8. The molecule has 2 aromatic rings. The van der Waals surface area contributed by atoms with Crippen LogP contribution >= 0.6 is 11.6 Å². The number of piperidine rings is 1. The first-order chi connectivity index (χ1) is 18.3. The quantitative estimate of drug-likeness (QED) is 0.475. The van der Waals surface area contributed by atoms with E-state index >= 15 is 0 Å². The van der Waals surface area contributed by atoms with Crippen LogP contribution in [0.2, 0.25) is 5.28 Å². The first-order valence-electron chi connectivity index (χ1n) is 13.2. The number of carbonyl (C=O) groups is 2. The van der Waals surface area contributed by atoms with Gasteiger partial charge in [0.2, 0.25) is 5.28 Å². The lowest BCUT2D eigenvalue weighted by Gasteiger charge is -2.54. The van der Waals surface area contributed by atoms with Crippen LogP contribution in [-0.4, -0.2) is 81.3 Å². The average molecular weight is 563 g/mol. The molecular formula is C27H36ClFN6O4. The molecule has 12 heteroatoms. The van der Waals surface area contributed by atoms with Crippen LogP contribution in [0.4, 0.5) is 15.0 Å². The third-order valence-electron chi connectivity index (χ3n) is 7.04. The number of carbonyl (C=O) groups excluding carboxylic acids is 2. The van der Waals surface area contributed by atoms with E-state index in [2.05, 4.69) is 15.2 Å². The molecular weight excluding hydrogens is 527 g/mol. The molecule has 3 heterocycles.